The number of fused-ring (bicyclic) bond motifs is 2. The van der Waals surface area contributed by atoms with E-state index < -0.39 is 9.84 Å². The molecule has 51 heavy (non-hydrogen) atoms. The van der Waals surface area contributed by atoms with Crippen LogP contribution in [-0.4, -0.2) is 82.2 Å². The van der Waals surface area contributed by atoms with Gasteiger partial charge in [-0.2, -0.15) is 0 Å². The number of anilines is 3. The topological polar surface area (TPSA) is 87.2 Å². The Labute approximate surface area is 300 Å². The fourth-order valence-electron chi connectivity index (χ4n) is 7.46. The molecule has 9 nitrogen and oxygen atoms in total. The van der Waals surface area contributed by atoms with Crippen molar-refractivity contribution in [2.45, 2.75) is 37.0 Å². The van der Waals surface area contributed by atoms with E-state index in [1.54, 1.807) is 6.07 Å². The van der Waals surface area contributed by atoms with E-state index in [-0.39, 0.29) is 11.3 Å². The van der Waals surface area contributed by atoms with E-state index in [1.165, 1.54) is 11.1 Å². The van der Waals surface area contributed by atoms with Crippen molar-refractivity contribution < 1.29 is 17.9 Å². The maximum Gasteiger partial charge on any atom is 0.180 e. The summed E-state index contributed by atoms with van der Waals surface area (Å²) in [5.74, 6) is 0.791. The van der Waals surface area contributed by atoms with Gasteiger partial charge in [-0.3, -0.25) is 4.90 Å². The van der Waals surface area contributed by atoms with Crippen LogP contribution in [0.4, 0.5) is 17.2 Å². The highest BCUT2D eigenvalue weighted by molar-refractivity contribution is 7.91. The number of nitrogens with zero attached hydrogens (tertiary/aromatic N) is 4. The van der Waals surface area contributed by atoms with Crippen molar-refractivity contribution in [1.29, 1.82) is 0 Å². The van der Waals surface area contributed by atoms with E-state index in [2.05, 4.69) is 118 Å². The second kappa shape index (κ2) is 14.3. The van der Waals surface area contributed by atoms with Crippen LogP contribution in [0.25, 0.3) is 10.9 Å². The molecule has 0 atom stereocenters. The van der Waals surface area contributed by atoms with Crippen molar-refractivity contribution in [3.8, 4) is 0 Å². The average Bonchev–Trinajstić information content (AvgIpc) is 3.27. The second-order valence-electron chi connectivity index (χ2n) is 14.1. The van der Waals surface area contributed by atoms with Crippen LogP contribution in [0.2, 0.25) is 0 Å². The van der Waals surface area contributed by atoms with E-state index in [1.807, 2.05) is 6.07 Å². The predicted molar refractivity (Wildman–Crippen MR) is 203 cm³/mol. The van der Waals surface area contributed by atoms with Crippen molar-refractivity contribution in [3.63, 3.8) is 0 Å². The molecule has 4 aromatic carbocycles. The van der Waals surface area contributed by atoms with Crippen LogP contribution in [0.15, 0.2) is 108 Å². The number of sulfone groups is 1. The molecule has 0 bridgehead atoms. The number of hydrogen-bond acceptors (Lipinski definition) is 9. The SMILES string of the molecule is Cc1ccc2nc(N3CCS(=O)(=O)c4ccc(N5CCOCC5)cc4C3)cc(NCC3(N(Cc4ccccc4)Cc4ccccc4)COC3)c2c1. The molecule has 0 unspecified atom stereocenters. The number of aryl methyl sites for hydroxylation is 1. The summed E-state index contributed by atoms with van der Waals surface area (Å²) < 4.78 is 38.6. The average molecular weight is 704 g/mol. The monoisotopic (exact) mass is 703 g/mol. The van der Waals surface area contributed by atoms with Gasteiger partial charge in [0.1, 0.15) is 5.82 Å². The van der Waals surface area contributed by atoms with E-state index in [0.717, 1.165) is 65.4 Å². The largest absolute Gasteiger partial charge is 0.382 e. The van der Waals surface area contributed by atoms with Crippen LogP contribution in [0.1, 0.15) is 22.3 Å². The first-order valence-corrected chi connectivity index (χ1v) is 19.5. The third-order valence-corrected chi connectivity index (χ3v) is 12.3. The molecule has 8 rings (SSSR count). The van der Waals surface area contributed by atoms with Gasteiger partial charge in [-0.1, -0.05) is 72.3 Å². The third kappa shape index (κ3) is 7.19. The number of pyridine rings is 1. The fraction of sp³-hybridized carbons (Fsp3) is 0.341. The van der Waals surface area contributed by atoms with Gasteiger partial charge in [-0.05, 0) is 53.9 Å². The summed E-state index contributed by atoms with van der Waals surface area (Å²) in [6, 6.07) is 35.5. The first kappa shape index (κ1) is 33.7. The maximum absolute atomic E-state index is 13.5. The van der Waals surface area contributed by atoms with Crippen molar-refractivity contribution in [1.82, 2.24) is 9.88 Å². The molecule has 1 N–H and O–H groups in total. The highest BCUT2D eigenvalue weighted by Gasteiger charge is 2.44. The van der Waals surface area contributed by atoms with Gasteiger partial charge < -0.3 is 24.6 Å². The second-order valence-corrected chi connectivity index (χ2v) is 16.2. The van der Waals surface area contributed by atoms with Gasteiger partial charge in [0.15, 0.2) is 9.84 Å². The van der Waals surface area contributed by atoms with Gasteiger partial charge >= 0.3 is 0 Å². The van der Waals surface area contributed by atoms with Crippen molar-refractivity contribution in [2.75, 3.05) is 73.5 Å². The molecule has 3 aliphatic heterocycles. The Balaban J connectivity index is 1.12. The highest BCUT2D eigenvalue weighted by Crippen LogP contribution is 2.35. The van der Waals surface area contributed by atoms with Crippen LogP contribution in [0.3, 0.4) is 0 Å². The van der Waals surface area contributed by atoms with Crippen LogP contribution in [0, 0.1) is 6.92 Å². The Bertz CT molecular complexity index is 2060. The molecule has 2 saturated heterocycles. The maximum atomic E-state index is 13.5. The molecule has 2 fully saturated rings. The molecule has 5 aromatic rings. The van der Waals surface area contributed by atoms with Crippen molar-refractivity contribution >= 4 is 37.9 Å². The summed E-state index contributed by atoms with van der Waals surface area (Å²) in [6.07, 6.45) is 0. The number of benzene rings is 4. The minimum atomic E-state index is -3.46. The van der Waals surface area contributed by atoms with E-state index in [4.69, 9.17) is 14.5 Å². The summed E-state index contributed by atoms with van der Waals surface area (Å²) in [6.45, 7) is 9.36. The third-order valence-electron chi connectivity index (χ3n) is 10.5. The summed E-state index contributed by atoms with van der Waals surface area (Å²) >= 11 is 0. The number of aromatic nitrogens is 1. The molecule has 0 spiro atoms. The summed E-state index contributed by atoms with van der Waals surface area (Å²) in [5, 5.41) is 4.91. The van der Waals surface area contributed by atoms with Crippen molar-refractivity contribution in [2.24, 2.45) is 0 Å². The van der Waals surface area contributed by atoms with Gasteiger partial charge in [-0.25, -0.2) is 13.4 Å². The van der Waals surface area contributed by atoms with Gasteiger partial charge in [0, 0.05) is 68.6 Å². The number of rotatable bonds is 10. The summed E-state index contributed by atoms with van der Waals surface area (Å²) in [4.78, 5) is 12.5. The normalized spacial score (nSPS) is 18.2. The standard InChI is InChI=1S/C41H45N5O4S/c1-31-12-14-37-36(22-31)38(42-28-41(29-50-30-41)46(25-32-8-4-2-5-9-32)26-33-10-6-3-7-11-33)24-40(43-37)45-18-21-51(47,48)39-15-13-35(23-34(39)27-45)44-16-19-49-20-17-44/h2-15,22-24H,16-21,25-30H2,1H3,(H,42,43). The van der Waals surface area contributed by atoms with Gasteiger partial charge in [0.25, 0.3) is 0 Å². The Morgan fingerprint density at radius 2 is 1.51 bits per heavy atom. The molecule has 4 heterocycles. The smallest absolute Gasteiger partial charge is 0.180 e. The zero-order valence-corrected chi connectivity index (χ0v) is 29.9. The quantitative estimate of drug-likeness (QED) is 0.187. The minimum Gasteiger partial charge on any atom is -0.382 e. The molecule has 0 radical (unpaired) electrons. The number of ether oxygens (including phenoxy) is 2. The molecular weight excluding hydrogens is 659 g/mol. The zero-order valence-electron chi connectivity index (χ0n) is 29.1. The Kier molecular flexibility index (Phi) is 9.41. The Morgan fingerprint density at radius 3 is 2.18 bits per heavy atom. The number of morpholine rings is 1. The highest BCUT2D eigenvalue weighted by atomic mass is 32.2. The summed E-state index contributed by atoms with van der Waals surface area (Å²) in [5.41, 5.74) is 7.15. The molecule has 3 aliphatic rings. The van der Waals surface area contributed by atoms with Gasteiger partial charge in [-0.15, -0.1) is 0 Å². The fourth-order valence-corrected chi connectivity index (χ4v) is 8.94. The van der Waals surface area contributed by atoms with E-state index >= 15 is 0 Å². The zero-order chi connectivity index (χ0) is 34.8. The first-order valence-electron chi connectivity index (χ1n) is 17.8. The number of hydrogen-bond donors (Lipinski definition) is 1. The van der Waals surface area contributed by atoms with Crippen LogP contribution in [0.5, 0.6) is 0 Å². The molecule has 0 saturated carbocycles. The minimum absolute atomic E-state index is 0.0294. The lowest BCUT2D eigenvalue weighted by molar-refractivity contribution is -0.140. The lowest BCUT2D eigenvalue weighted by Crippen LogP contribution is -2.65. The van der Waals surface area contributed by atoms with Crippen LogP contribution in [-0.2, 0) is 38.9 Å². The molecule has 10 heteroatoms. The lowest BCUT2D eigenvalue weighted by Gasteiger charge is -2.50. The Morgan fingerprint density at radius 1 is 0.804 bits per heavy atom. The molecule has 0 aliphatic carbocycles. The van der Waals surface area contributed by atoms with Crippen molar-refractivity contribution in [3.05, 3.63) is 125 Å². The first-order chi connectivity index (χ1) is 24.9. The summed E-state index contributed by atoms with van der Waals surface area (Å²) in [7, 11) is -3.46. The van der Waals surface area contributed by atoms with Crippen LogP contribution < -0.4 is 15.1 Å². The molecule has 0 amide bonds. The molecule has 1 aromatic heterocycles. The molecular formula is C41H45N5O4S. The van der Waals surface area contributed by atoms with Gasteiger partial charge in [0.05, 0.1) is 48.1 Å². The predicted octanol–water partition coefficient (Wildman–Crippen LogP) is 6.06. The van der Waals surface area contributed by atoms with E-state index in [9.17, 15) is 8.42 Å². The Hall–Kier alpha value is -4.48. The van der Waals surface area contributed by atoms with Crippen LogP contribution >= 0.6 is 0 Å². The van der Waals surface area contributed by atoms with Gasteiger partial charge in [0.2, 0.25) is 0 Å². The van der Waals surface area contributed by atoms with E-state index in [0.29, 0.717) is 51.0 Å². The lowest BCUT2D eigenvalue weighted by atomic mass is 9.92. The number of nitrogens with one attached hydrogen (secondary N) is 1. The molecule has 264 valence electrons.